The van der Waals surface area contributed by atoms with Crippen LogP contribution in [0.1, 0.15) is 25.3 Å². The molecule has 1 saturated carbocycles. The molecule has 4 heteroatoms. The van der Waals surface area contributed by atoms with Crippen LogP contribution in [0.25, 0.3) is 0 Å². The Labute approximate surface area is 99.8 Å². The third-order valence-corrected chi connectivity index (χ3v) is 3.66. The predicted molar refractivity (Wildman–Crippen MR) is 62.3 cm³/mol. The highest BCUT2D eigenvalue weighted by atomic mass is 16.5. The molecule has 1 fully saturated rings. The van der Waals surface area contributed by atoms with Crippen LogP contribution in [-0.4, -0.2) is 23.3 Å². The topological polar surface area (TPSA) is 66.8 Å². The van der Waals surface area contributed by atoms with Crippen molar-refractivity contribution >= 4 is 5.97 Å². The third-order valence-electron chi connectivity index (χ3n) is 3.66. The van der Waals surface area contributed by atoms with E-state index in [2.05, 4.69) is 0 Å². The molecule has 0 heterocycles. The molecular formula is C13H16O4. The minimum absolute atomic E-state index is 0.0190. The van der Waals surface area contributed by atoms with Crippen molar-refractivity contribution in [2.45, 2.75) is 19.8 Å². The van der Waals surface area contributed by atoms with Crippen LogP contribution in [0, 0.1) is 11.3 Å². The van der Waals surface area contributed by atoms with Gasteiger partial charge in [0.05, 0.1) is 13.0 Å². The van der Waals surface area contributed by atoms with Gasteiger partial charge in [-0.3, -0.25) is 4.79 Å². The molecule has 0 amide bonds. The smallest absolute Gasteiger partial charge is 0.307 e. The average molecular weight is 236 g/mol. The quantitative estimate of drug-likeness (QED) is 0.844. The minimum Gasteiger partial charge on any atom is -0.504 e. The number of phenolic OH excluding ortho intramolecular Hbond substituents is 1. The predicted octanol–water partition coefficient (Wildman–Crippen LogP) is 2.23. The summed E-state index contributed by atoms with van der Waals surface area (Å²) in [5.41, 5.74) is 0.658. The number of carbonyl (C=O) groups is 1. The maximum absolute atomic E-state index is 11.1. The lowest BCUT2D eigenvalue weighted by atomic mass is 10.0. The Morgan fingerprint density at radius 2 is 2.06 bits per heavy atom. The van der Waals surface area contributed by atoms with Crippen LogP contribution < -0.4 is 4.74 Å². The molecule has 1 aliphatic rings. The van der Waals surface area contributed by atoms with Crippen LogP contribution in [0.2, 0.25) is 0 Å². The van der Waals surface area contributed by atoms with Crippen molar-refractivity contribution in [3.05, 3.63) is 23.8 Å². The summed E-state index contributed by atoms with van der Waals surface area (Å²) in [6.45, 7) is 3.88. The summed E-state index contributed by atoms with van der Waals surface area (Å²) in [5.74, 6) is -0.700. The number of hydrogen-bond acceptors (Lipinski definition) is 3. The number of aromatic hydroxyl groups is 1. The molecule has 0 spiro atoms. The third kappa shape index (κ3) is 1.73. The summed E-state index contributed by atoms with van der Waals surface area (Å²) in [6.07, 6.45) is 0. The fraction of sp³-hybridized carbons (Fsp3) is 0.462. The van der Waals surface area contributed by atoms with Crippen LogP contribution in [0.15, 0.2) is 18.2 Å². The Morgan fingerprint density at radius 1 is 1.41 bits per heavy atom. The van der Waals surface area contributed by atoms with Gasteiger partial charge in [0, 0.05) is 5.92 Å². The largest absolute Gasteiger partial charge is 0.504 e. The molecule has 4 nitrogen and oxygen atoms in total. The van der Waals surface area contributed by atoms with Gasteiger partial charge in [0.15, 0.2) is 11.5 Å². The zero-order valence-electron chi connectivity index (χ0n) is 10.1. The first-order valence-corrected chi connectivity index (χ1v) is 5.49. The van der Waals surface area contributed by atoms with Gasteiger partial charge in [0.1, 0.15) is 0 Å². The molecular weight excluding hydrogens is 220 g/mol. The zero-order chi connectivity index (χ0) is 12.8. The zero-order valence-corrected chi connectivity index (χ0v) is 10.1. The Bertz CT molecular complexity index is 464. The normalized spacial score (nSPS) is 25.4. The first-order chi connectivity index (χ1) is 7.89. The van der Waals surface area contributed by atoms with Gasteiger partial charge in [-0.15, -0.1) is 0 Å². The van der Waals surface area contributed by atoms with E-state index in [9.17, 15) is 9.90 Å². The number of rotatable bonds is 3. The van der Waals surface area contributed by atoms with Crippen LogP contribution in [0.4, 0.5) is 0 Å². The maximum Gasteiger partial charge on any atom is 0.307 e. The number of benzene rings is 1. The summed E-state index contributed by atoms with van der Waals surface area (Å²) in [5, 5.41) is 18.6. The van der Waals surface area contributed by atoms with E-state index in [0.717, 1.165) is 5.56 Å². The SMILES string of the molecule is COc1cc([C@@H]2[C@@H](C(=O)O)C2(C)C)ccc1O. The van der Waals surface area contributed by atoms with Crippen LogP contribution >= 0.6 is 0 Å². The number of methoxy groups -OCH3 is 1. The molecule has 2 rings (SSSR count). The molecule has 17 heavy (non-hydrogen) atoms. The van der Waals surface area contributed by atoms with Crippen molar-refractivity contribution in [2.75, 3.05) is 7.11 Å². The van der Waals surface area contributed by atoms with Crippen molar-refractivity contribution in [3.63, 3.8) is 0 Å². The van der Waals surface area contributed by atoms with E-state index in [-0.39, 0.29) is 23.0 Å². The van der Waals surface area contributed by atoms with Gasteiger partial charge in [0.25, 0.3) is 0 Å². The van der Waals surface area contributed by atoms with E-state index in [1.54, 1.807) is 18.2 Å². The van der Waals surface area contributed by atoms with Crippen molar-refractivity contribution in [2.24, 2.45) is 11.3 Å². The number of carboxylic acid groups (broad SMARTS) is 1. The van der Waals surface area contributed by atoms with Gasteiger partial charge in [-0.1, -0.05) is 19.9 Å². The molecule has 1 aliphatic carbocycles. The molecule has 1 aromatic rings. The second kappa shape index (κ2) is 3.65. The molecule has 0 unspecified atom stereocenters. The van der Waals surface area contributed by atoms with Gasteiger partial charge in [0.2, 0.25) is 0 Å². The second-order valence-corrected chi connectivity index (χ2v) is 5.05. The highest BCUT2D eigenvalue weighted by Crippen LogP contribution is 2.64. The number of aliphatic carboxylic acids is 1. The Balaban J connectivity index is 2.34. The van der Waals surface area contributed by atoms with Crippen LogP contribution in [0.3, 0.4) is 0 Å². The number of phenols is 1. The molecule has 1 aromatic carbocycles. The van der Waals surface area contributed by atoms with Crippen LogP contribution in [0.5, 0.6) is 11.5 Å². The monoisotopic (exact) mass is 236 g/mol. The summed E-state index contributed by atoms with van der Waals surface area (Å²) >= 11 is 0. The average Bonchev–Trinajstić information content (AvgIpc) is 2.82. The molecule has 0 bridgehead atoms. The van der Waals surface area contributed by atoms with Gasteiger partial charge >= 0.3 is 5.97 Å². The van der Waals surface area contributed by atoms with E-state index in [0.29, 0.717) is 5.75 Å². The maximum atomic E-state index is 11.1. The minimum atomic E-state index is -0.771. The fourth-order valence-electron chi connectivity index (χ4n) is 2.61. The van der Waals surface area contributed by atoms with Crippen molar-refractivity contribution in [1.29, 1.82) is 0 Å². The van der Waals surface area contributed by atoms with Crippen molar-refractivity contribution in [1.82, 2.24) is 0 Å². The molecule has 2 N–H and O–H groups in total. The van der Waals surface area contributed by atoms with E-state index in [1.165, 1.54) is 7.11 Å². The summed E-state index contributed by atoms with van der Waals surface area (Å²) in [6, 6.07) is 5.01. The highest BCUT2D eigenvalue weighted by molar-refractivity contribution is 5.77. The number of ether oxygens (including phenoxy) is 1. The summed E-state index contributed by atoms with van der Waals surface area (Å²) < 4.78 is 5.03. The lowest BCUT2D eigenvalue weighted by molar-refractivity contribution is -0.139. The van der Waals surface area contributed by atoms with E-state index in [4.69, 9.17) is 9.84 Å². The summed E-state index contributed by atoms with van der Waals surface area (Å²) in [7, 11) is 1.48. The second-order valence-electron chi connectivity index (χ2n) is 5.05. The fourth-order valence-corrected chi connectivity index (χ4v) is 2.61. The Hall–Kier alpha value is -1.71. The highest BCUT2D eigenvalue weighted by Gasteiger charge is 2.62. The van der Waals surface area contributed by atoms with E-state index >= 15 is 0 Å². The number of hydrogen-bond donors (Lipinski definition) is 2. The van der Waals surface area contributed by atoms with Crippen molar-refractivity contribution in [3.8, 4) is 11.5 Å². The van der Waals surface area contributed by atoms with Gasteiger partial charge in [-0.05, 0) is 23.1 Å². The lowest BCUT2D eigenvalue weighted by Crippen LogP contribution is -2.03. The van der Waals surface area contributed by atoms with E-state index < -0.39 is 5.97 Å². The molecule has 0 radical (unpaired) electrons. The summed E-state index contributed by atoms with van der Waals surface area (Å²) in [4.78, 5) is 11.1. The molecule has 92 valence electrons. The molecule has 0 aliphatic heterocycles. The Kier molecular flexibility index (Phi) is 2.53. The van der Waals surface area contributed by atoms with Gasteiger partial charge in [-0.2, -0.15) is 0 Å². The molecule has 0 aromatic heterocycles. The lowest BCUT2D eigenvalue weighted by Gasteiger charge is -2.07. The first kappa shape index (κ1) is 11.8. The van der Waals surface area contributed by atoms with E-state index in [1.807, 2.05) is 13.8 Å². The number of carboxylic acids is 1. The molecule has 0 saturated heterocycles. The van der Waals surface area contributed by atoms with Crippen molar-refractivity contribution < 1.29 is 19.7 Å². The first-order valence-electron chi connectivity index (χ1n) is 5.49. The standard InChI is InChI=1S/C13H16O4/c1-13(2)10(11(13)12(15)16)7-4-5-8(14)9(6-7)17-3/h4-6,10-11,14H,1-3H3,(H,15,16)/t10-,11+/m1/s1. The van der Waals surface area contributed by atoms with Crippen LogP contribution in [-0.2, 0) is 4.79 Å². The van der Waals surface area contributed by atoms with Gasteiger partial charge in [-0.25, -0.2) is 0 Å². The molecule has 2 atom stereocenters. The van der Waals surface area contributed by atoms with Gasteiger partial charge < -0.3 is 14.9 Å². The Morgan fingerprint density at radius 3 is 2.53 bits per heavy atom.